The van der Waals surface area contributed by atoms with Gasteiger partial charge in [-0.1, -0.05) is 26.0 Å². The summed E-state index contributed by atoms with van der Waals surface area (Å²) in [4.78, 5) is 12.8. The highest BCUT2D eigenvalue weighted by Gasteiger charge is 2.37. The Bertz CT molecular complexity index is 433. The van der Waals surface area contributed by atoms with Crippen LogP contribution in [0.1, 0.15) is 19.4 Å². The van der Waals surface area contributed by atoms with E-state index in [0.29, 0.717) is 0 Å². The lowest BCUT2D eigenvalue weighted by molar-refractivity contribution is -0.384. The number of para-hydroxylation sites is 1. The Labute approximate surface area is 95.0 Å². The molecule has 1 heterocycles. The Morgan fingerprint density at radius 2 is 2.00 bits per heavy atom. The quantitative estimate of drug-likeness (QED) is 0.568. The average Bonchev–Trinajstić information content (AvgIpc) is 2.13. The molecule has 0 radical (unpaired) electrons. The predicted octanol–water partition coefficient (Wildman–Crippen LogP) is 2.75. The summed E-state index contributed by atoms with van der Waals surface area (Å²) in [5, 5.41) is 11.0. The molecule has 0 atom stereocenters. The molecule has 4 nitrogen and oxygen atoms in total. The topological polar surface area (TPSA) is 46.4 Å². The largest absolute Gasteiger partial charge is 0.365 e. The van der Waals surface area contributed by atoms with Crippen molar-refractivity contribution in [2.45, 2.75) is 20.8 Å². The van der Waals surface area contributed by atoms with Crippen LogP contribution in [0.3, 0.4) is 0 Å². The van der Waals surface area contributed by atoms with Crippen molar-refractivity contribution in [3.63, 3.8) is 0 Å². The molecule has 1 aliphatic heterocycles. The third kappa shape index (κ3) is 1.75. The van der Waals surface area contributed by atoms with Crippen molar-refractivity contribution in [3.05, 3.63) is 33.9 Å². The van der Waals surface area contributed by atoms with Gasteiger partial charge < -0.3 is 4.90 Å². The molecule has 0 spiro atoms. The zero-order chi connectivity index (χ0) is 11.9. The first-order valence-electron chi connectivity index (χ1n) is 5.40. The SMILES string of the molecule is Cc1cccc([N+](=O)[O-])c1N1CC(C)(C)C1. The fourth-order valence-corrected chi connectivity index (χ4v) is 2.35. The fraction of sp³-hybridized carbons (Fsp3) is 0.500. The van der Waals surface area contributed by atoms with Crippen LogP contribution in [0, 0.1) is 22.5 Å². The Morgan fingerprint density at radius 1 is 1.38 bits per heavy atom. The van der Waals surface area contributed by atoms with Crippen LogP contribution in [0.5, 0.6) is 0 Å². The van der Waals surface area contributed by atoms with Gasteiger partial charge in [0, 0.05) is 19.2 Å². The van der Waals surface area contributed by atoms with Gasteiger partial charge in [-0.2, -0.15) is 0 Å². The molecular formula is C12H16N2O2. The summed E-state index contributed by atoms with van der Waals surface area (Å²) in [6.45, 7) is 8.05. The van der Waals surface area contributed by atoms with E-state index >= 15 is 0 Å². The summed E-state index contributed by atoms with van der Waals surface area (Å²) >= 11 is 0. The number of benzene rings is 1. The van der Waals surface area contributed by atoms with Gasteiger partial charge in [-0.25, -0.2) is 0 Å². The van der Waals surface area contributed by atoms with E-state index in [-0.39, 0.29) is 16.0 Å². The monoisotopic (exact) mass is 220 g/mol. The molecule has 0 N–H and O–H groups in total. The maximum absolute atomic E-state index is 11.0. The van der Waals surface area contributed by atoms with Gasteiger partial charge >= 0.3 is 0 Å². The lowest BCUT2D eigenvalue weighted by atomic mass is 9.83. The number of nitrogens with zero attached hydrogens (tertiary/aromatic N) is 2. The first-order chi connectivity index (χ1) is 7.41. The fourth-order valence-electron chi connectivity index (χ4n) is 2.35. The zero-order valence-corrected chi connectivity index (χ0v) is 9.86. The highest BCUT2D eigenvalue weighted by Crippen LogP contribution is 2.40. The second kappa shape index (κ2) is 3.47. The van der Waals surface area contributed by atoms with Crippen molar-refractivity contribution in [1.82, 2.24) is 0 Å². The molecule has 1 aliphatic rings. The molecule has 0 aliphatic carbocycles. The molecule has 0 aromatic heterocycles. The molecule has 0 bridgehead atoms. The van der Waals surface area contributed by atoms with Gasteiger partial charge in [0.15, 0.2) is 0 Å². The van der Waals surface area contributed by atoms with E-state index in [2.05, 4.69) is 18.7 Å². The molecule has 2 rings (SSSR count). The third-order valence-corrected chi connectivity index (χ3v) is 2.97. The van der Waals surface area contributed by atoms with E-state index in [0.717, 1.165) is 24.3 Å². The van der Waals surface area contributed by atoms with Crippen LogP contribution in [0.15, 0.2) is 18.2 Å². The average molecular weight is 220 g/mol. The number of aryl methyl sites for hydroxylation is 1. The summed E-state index contributed by atoms with van der Waals surface area (Å²) in [6, 6.07) is 5.24. The second-order valence-corrected chi connectivity index (χ2v) is 5.22. The van der Waals surface area contributed by atoms with E-state index in [1.54, 1.807) is 12.1 Å². The van der Waals surface area contributed by atoms with E-state index < -0.39 is 0 Å². The molecule has 1 aromatic carbocycles. The maximum atomic E-state index is 11.0. The van der Waals surface area contributed by atoms with Crippen LogP contribution >= 0.6 is 0 Å². The lowest BCUT2D eigenvalue weighted by Gasteiger charge is -2.47. The molecule has 1 fully saturated rings. The normalized spacial score (nSPS) is 18.1. The molecule has 1 aromatic rings. The number of nitro benzene ring substituents is 1. The highest BCUT2D eigenvalue weighted by molar-refractivity contribution is 5.69. The van der Waals surface area contributed by atoms with Crippen molar-refractivity contribution >= 4 is 11.4 Å². The second-order valence-electron chi connectivity index (χ2n) is 5.22. The van der Waals surface area contributed by atoms with E-state index in [1.165, 1.54) is 0 Å². The minimum absolute atomic E-state index is 0.218. The molecule has 1 saturated heterocycles. The summed E-state index contributed by atoms with van der Waals surface area (Å²) < 4.78 is 0. The van der Waals surface area contributed by atoms with Crippen LogP contribution in [0.4, 0.5) is 11.4 Å². The minimum atomic E-state index is -0.298. The summed E-state index contributed by atoms with van der Waals surface area (Å²) in [5.41, 5.74) is 2.25. The van der Waals surface area contributed by atoms with Gasteiger partial charge in [-0.3, -0.25) is 10.1 Å². The molecule has 16 heavy (non-hydrogen) atoms. The summed E-state index contributed by atoms with van der Waals surface area (Å²) in [5.74, 6) is 0. The van der Waals surface area contributed by atoms with Gasteiger partial charge in [-0.15, -0.1) is 0 Å². The number of nitro groups is 1. The van der Waals surface area contributed by atoms with Crippen molar-refractivity contribution in [2.75, 3.05) is 18.0 Å². The first kappa shape index (κ1) is 10.9. The standard InChI is InChI=1S/C12H16N2O2/c1-9-5-4-6-10(14(15)16)11(9)13-7-12(2,3)8-13/h4-6H,7-8H2,1-3H3. The van der Waals surface area contributed by atoms with Crippen LogP contribution < -0.4 is 4.90 Å². The van der Waals surface area contributed by atoms with Gasteiger partial charge in [0.05, 0.1) is 4.92 Å². The van der Waals surface area contributed by atoms with Crippen LogP contribution in [-0.2, 0) is 0 Å². The Kier molecular flexibility index (Phi) is 2.37. The van der Waals surface area contributed by atoms with Crippen molar-refractivity contribution in [1.29, 1.82) is 0 Å². The number of hydrogen-bond donors (Lipinski definition) is 0. The molecular weight excluding hydrogens is 204 g/mol. The Hall–Kier alpha value is -1.58. The van der Waals surface area contributed by atoms with E-state index in [1.807, 2.05) is 13.0 Å². The van der Waals surface area contributed by atoms with E-state index in [4.69, 9.17) is 0 Å². The Balaban J connectivity index is 2.37. The minimum Gasteiger partial charge on any atom is -0.365 e. The lowest BCUT2D eigenvalue weighted by Crippen LogP contribution is -2.53. The number of anilines is 1. The summed E-state index contributed by atoms with van der Waals surface area (Å²) in [7, 11) is 0. The smallest absolute Gasteiger partial charge is 0.292 e. The van der Waals surface area contributed by atoms with Gasteiger partial charge in [0.1, 0.15) is 5.69 Å². The molecule has 4 heteroatoms. The highest BCUT2D eigenvalue weighted by atomic mass is 16.6. The molecule has 0 unspecified atom stereocenters. The van der Waals surface area contributed by atoms with Crippen LogP contribution in [0.2, 0.25) is 0 Å². The van der Waals surface area contributed by atoms with Crippen LogP contribution in [0.25, 0.3) is 0 Å². The number of hydrogen-bond acceptors (Lipinski definition) is 3. The van der Waals surface area contributed by atoms with E-state index in [9.17, 15) is 10.1 Å². The summed E-state index contributed by atoms with van der Waals surface area (Å²) in [6.07, 6.45) is 0. The maximum Gasteiger partial charge on any atom is 0.292 e. The first-order valence-corrected chi connectivity index (χ1v) is 5.40. The van der Waals surface area contributed by atoms with Gasteiger partial charge in [-0.05, 0) is 17.9 Å². The van der Waals surface area contributed by atoms with Crippen molar-refractivity contribution in [2.24, 2.45) is 5.41 Å². The van der Waals surface area contributed by atoms with Gasteiger partial charge in [0.25, 0.3) is 5.69 Å². The van der Waals surface area contributed by atoms with Crippen molar-refractivity contribution in [3.8, 4) is 0 Å². The molecule has 86 valence electrons. The van der Waals surface area contributed by atoms with Gasteiger partial charge in [0.2, 0.25) is 0 Å². The zero-order valence-electron chi connectivity index (χ0n) is 9.86. The van der Waals surface area contributed by atoms with Crippen LogP contribution in [-0.4, -0.2) is 18.0 Å². The number of rotatable bonds is 2. The predicted molar refractivity (Wildman–Crippen MR) is 63.8 cm³/mol. The Morgan fingerprint density at radius 3 is 2.50 bits per heavy atom. The molecule has 0 amide bonds. The van der Waals surface area contributed by atoms with Crippen molar-refractivity contribution < 1.29 is 4.92 Å². The third-order valence-electron chi connectivity index (χ3n) is 2.97. The molecule has 0 saturated carbocycles.